The number of hydrogen-bond acceptors (Lipinski definition) is 6. The van der Waals surface area contributed by atoms with Crippen LogP contribution < -0.4 is 20.7 Å². The smallest absolute Gasteiger partial charge is 0.387 e. The molecule has 3 N–H and O–H groups in total. The van der Waals surface area contributed by atoms with Crippen LogP contribution in [0.3, 0.4) is 0 Å². The molecule has 1 aromatic rings. The SMILES string of the molecule is CCN(CC1CC1)[C@@H](C(N)=O)C(=O)Nc1ccc(N2CCOCC2=O)cc1OC(F)F. The Morgan fingerprint density at radius 1 is 1.39 bits per heavy atom. The van der Waals surface area contributed by atoms with Gasteiger partial charge in [0.1, 0.15) is 6.61 Å². The lowest BCUT2D eigenvalue weighted by Gasteiger charge is -2.29. The fourth-order valence-electron chi connectivity index (χ4n) is 3.49. The summed E-state index contributed by atoms with van der Waals surface area (Å²) in [6.45, 7) is 0.0907. The van der Waals surface area contributed by atoms with Crippen LogP contribution in [-0.4, -0.2) is 68.1 Å². The number of amides is 3. The molecule has 0 unspecified atom stereocenters. The summed E-state index contributed by atoms with van der Waals surface area (Å²) in [6, 6.07) is 2.85. The summed E-state index contributed by atoms with van der Waals surface area (Å²) < 4.78 is 35.6. The number of halogens is 2. The molecule has 1 saturated heterocycles. The number of carbonyl (C=O) groups excluding carboxylic acids is 3. The predicted octanol–water partition coefficient (Wildman–Crippen LogP) is 1.18. The molecule has 170 valence electrons. The van der Waals surface area contributed by atoms with Gasteiger partial charge in [-0.1, -0.05) is 6.92 Å². The lowest BCUT2D eigenvalue weighted by molar-refractivity contribution is -0.132. The molecule has 1 atom stereocenters. The normalized spacial score (nSPS) is 17.7. The maximum absolute atomic E-state index is 13.0. The number of ether oxygens (including phenoxy) is 2. The second kappa shape index (κ2) is 10.0. The molecule has 31 heavy (non-hydrogen) atoms. The van der Waals surface area contributed by atoms with Crippen molar-refractivity contribution < 1.29 is 32.6 Å². The lowest BCUT2D eigenvalue weighted by Crippen LogP contribution is -2.52. The van der Waals surface area contributed by atoms with Gasteiger partial charge in [0.25, 0.3) is 11.8 Å². The summed E-state index contributed by atoms with van der Waals surface area (Å²) in [7, 11) is 0. The zero-order valence-electron chi connectivity index (χ0n) is 17.2. The second-order valence-corrected chi connectivity index (χ2v) is 7.48. The van der Waals surface area contributed by atoms with Gasteiger partial charge in [0.15, 0.2) is 11.8 Å². The maximum atomic E-state index is 13.0. The van der Waals surface area contributed by atoms with Crippen molar-refractivity contribution in [3.8, 4) is 5.75 Å². The molecule has 3 amide bonds. The molecule has 2 aliphatic rings. The van der Waals surface area contributed by atoms with E-state index in [0.29, 0.717) is 31.3 Å². The van der Waals surface area contributed by atoms with Crippen LogP contribution in [-0.2, 0) is 19.1 Å². The minimum atomic E-state index is -3.15. The summed E-state index contributed by atoms with van der Waals surface area (Å²) in [4.78, 5) is 40.0. The first-order chi connectivity index (χ1) is 14.8. The van der Waals surface area contributed by atoms with E-state index in [1.54, 1.807) is 4.90 Å². The third-order valence-electron chi connectivity index (χ3n) is 5.22. The third-order valence-corrected chi connectivity index (χ3v) is 5.22. The quantitative estimate of drug-likeness (QED) is 0.528. The molecule has 1 heterocycles. The van der Waals surface area contributed by atoms with Crippen LogP contribution in [0.15, 0.2) is 18.2 Å². The second-order valence-electron chi connectivity index (χ2n) is 7.48. The standard InChI is InChI=1S/C20H26F2N4O5/c1-2-25(10-12-3-4-12)17(18(23)28)19(29)24-14-6-5-13(9-15(14)31-20(21)22)26-7-8-30-11-16(26)27/h5-6,9,12,17,20H,2-4,7-8,10-11H2,1H3,(H2,23,28)(H,24,29)/t17-/m0/s1. The summed E-state index contributed by atoms with van der Waals surface area (Å²) in [6.07, 6.45) is 2.05. The summed E-state index contributed by atoms with van der Waals surface area (Å²) >= 11 is 0. The number of benzene rings is 1. The van der Waals surface area contributed by atoms with E-state index < -0.39 is 24.5 Å². The Bertz CT molecular complexity index is 834. The minimum absolute atomic E-state index is 0.0523. The largest absolute Gasteiger partial charge is 0.433 e. The zero-order valence-corrected chi connectivity index (χ0v) is 17.2. The first kappa shape index (κ1) is 22.9. The van der Waals surface area contributed by atoms with Gasteiger partial charge in [-0.15, -0.1) is 0 Å². The van der Waals surface area contributed by atoms with Gasteiger partial charge in [-0.3, -0.25) is 19.3 Å². The van der Waals surface area contributed by atoms with Crippen molar-refractivity contribution in [1.29, 1.82) is 0 Å². The van der Waals surface area contributed by atoms with Crippen LogP contribution >= 0.6 is 0 Å². The van der Waals surface area contributed by atoms with E-state index in [1.807, 2.05) is 6.92 Å². The van der Waals surface area contributed by atoms with Crippen LogP contribution in [0.25, 0.3) is 0 Å². The summed E-state index contributed by atoms with van der Waals surface area (Å²) in [5, 5.41) is 2.48. The van der Waals surface area contributed by atoms with Crippen molar-refractivity contribution in [1.82, 2.24) is 4.90 Å². The van der Waals surface area contributed by atoms with E-state index >= 15 is 0 Å². The Labute approximate surface area is 178 Å². The molecule has 2 fully saturated rings. The molecular weight excluding hydrogens is 414 g/mol. The number of carbonyl (C=O) groups is 3. The Balaban J connectivity index is 1.82. The number of rotatable bonds is 10. The highest BCUT2D eigenvalue weighted by atomic mass is 19.3. The van der Waals surface area contributed by atoms with Crippen LogP contribution in [0.4, 0.5) is 20.2 Å². The van der Waals surface area contributed by atoms with E-state index in [2.05, 4.69) is 10.1 Å². The maximum Gasteiger partial charge on any atom is 0.387 e. The van der Waals surface area contributed by atoms with E-state index in [1.165, 1.54) is 23.1 Å². The van der Waals surface area contributed by atoms with Gasteiger partial charge < -0.3 is 25.4 Å². The van der Waals surface area contributed by atoms with Gasteiger partial charge in [0.2, 0.25) is 5.91 Å². The van der Waals surface area contributed by atoms with E-state index in [4.69, 9.17) is 10.5 Å². The van der Waals surface area contributed by atoms with E-state index in [0.717, 1.165) is 12.8 Å². The van der Waals surface area contributed by atoms with Gasteiger partial charge in [-0.25, -0.2) is 0 Å². The van der Waals surface area contributed by atoms with Crippen LogP contribution in [0.5, 0.6) is 5.75 Å². The molecule has 1 aromatic carbocycles. The van der Waals surface area contributed by atoms with Crippen LogP contribution in [0, 0.1) is 5.92 Å². The highest BCUT2D eigenvalue weighted by Gasteiger charge is 2.35. The number of primary amides is 1. The van der Waals surface area contributed by atoms with Gasteiger partial charge >= 0.3 is 6.61 Å². The van der Waals surface area contributed by atoms with Gasteiger partial charge in [-0.05, 0) is 37.4 Å². The molecular formula is C20H26F2N4O5. The molecule has 3 rings (SSSR count). The highest BCUT2D eigenvalue weighted by Crippen LogP contribution is 2.33. The van der Waals surface area contributed by atoms with Crippen molar-refractivity contribution in [2.45, 2.75) is 32.4 Å². The van der Waals surface area contributed by atoms with Crippen molar-refractivity contribution in [3.05, 3.63) is 18.2 Å². The molecule has 9 nitrogen and oxygen atoms in total. The molecule has 0 aromatic heterocycles. The number of morpholine rings is 1. The van der Waals surface area contributed by atoms with Crippen molar-refractivity contribution in [2.24, 2.45) is 11.7 Å². The number of alkyl halides is 2. The summed E-state index contributed by atoms with van der Waals surface area (Å²) in [5.74, 6) is -1.79. The number of hydrogen-bond donors (Lipinski definition) is 2. The number of likely N-dealkylation sites (N-methyl/N-ethyl adjacent to an activating group) is 1. The van der Waals surface area contributed by atoms with E-state index in [-0.39, 0.29) is 30.5 Å². The first-order valence-corrected chi connectivity index (χ1v) is 10.1. The average molecular weight is 440 g/mol. The molecule has 0 bridgehead atoms. The fourth-order valence-corrected chi connectivity index (χ4v) is 3.49. The highest BCUT2D eigenvalue weighted by molar-refractivity contribution is 6.10. The van der Waals surface area contributed by atoms with Crippen LogP contribution in [0.2, 0.25) is 0 Å². The molecule has 1 saturated carbocycles. The van der Waals surface area contributed by atoms with Gasteiger partial charge in [0, 0.05) is 24.8 Å². The Kier molecular flexibility index (Phi) is 7.39. The Morgan fingerprint density at radius 3 is 2.71 bits per heavy atom. The third kappa shape index (κ3) is 5.88. The first-order valence-electron chi connectivity index (χ1n) is 10.1. The van der Waals surface area contributed by atoms with Crippen molar-refractivity contribution >= 4 is 29.1 Å². The average Bonchev–Trinajstić information content (AvgIpc) is 3.52. The van der Waals surface area contributed by atoms with Crippen molar-refractivity contribution in [3.63, 3.8) is 0 Å². The van der Waals surface area contributed by atoms with Crippen LogP contribution in [0.1, 0.15) is 19.8 Å². The van der Waals surface area contributed by atoms with Gasteiger partial charge in [-0.2, -0.15) is 8.78 Å². The molecule has 1 aliphatic heterocycles. The number of nitrogens with one attached hydrogen (secondary N) is 1. The minimum Gasteiger partial charge on any atom is -0.433 e. The predicted molar refractivity (Wildman–Crippen MR) is 108 cm³/mol. The monoisotopic (exact) mass is 440 g/mol. The molecule has 0 spiro atoms. The molecule has 0 radical (unpaired) electrons. The number of nitrogens with zero attached hydrogens (tertiary/aromatic N) is 2. The van der Waals surface area contributed by atoms with Gasteiger partial charge in [0.05, 0.1) is 12.3 Å². The van der Waals surface area contributed by atoms with Crippen molar-refractivity contribution in [2.75, 3.05) is 43.1 Å². The Morgan fingerprint density at radius 2 is 2.13 bits per heavy atom. The molecule has 11 heteroatoms. The number of anilines is 2. The molecule has 1 aliphatic carbocycles. The number of nitrogens with two attached hydrogens (primary N) is 1. The topological polar surface area (TPSA) is 114 Å². The lowest BCUT2D eigenvalue weighted by atomic mass is 10.1. The summed E-state index contributed by atoms with van der Waals surface area (Å²) in [5.41, 5.74) is 5.75. The van der Waals surface area contributed by atoms with E-state index in [9.17, 15) is 23.2 Å². The Hall–Kier alpha value is -2.79. The fraction of sp³-hybridized carbons (Fsp3) is 0.550. The zero-order chi connectivity index (χ0) is 22.5.